The number of rotatable bonds is 9. The second-order valence-corrected chi connectivity index (χ2v) is 8.75. The van der Waals surface area contributed by atoms with Gasteiger partial charge in [-0.05, 0) is 42.5 Å². The van der Waals surface area contributed by atoms with E-state index < -0.39 is 0 Å². The first-order chi connectivity index (χ1) is 14.8. The van der Waals surface area contributed by atoms with Crippen molar-refractivity contribution in [3.05, 3.63) is 70.5 Å². The summed E-state index contributed by atoms with van der Waals surface area (Å²) < 4.78 is 7.37. The summed E-state index contributed by atoms with van der Waals surface area (Å²) in [5.41, 5.74) is 4.51. The number of thioether (sulfide) groups is 1. The van der Waals surface area contributed by atoms with E-state index in [0.29, 0.717) is 23.4 Å². The minimum Gasteiger partial charge on any atom is -0.485 e. The van der Waals surface area contributed by atoms with Crippen LogP contribution in [-0.4, -0.2) is 26.5 Å². The molecule has 1 amide bonds. The zero-order chi connectivity index (χ0) is 22.4. The SMILES string of the molecule is Cc1ccc(CNC(=O)CSc2nnc(COc3cc(C)ccc3C(C)C)n2N)cc1. The van der Waals surface area contributed by atoms with Gasteiger partial charge in [-0.15, -0.1) is 10.2 Å². The summed E-state index contributed by atoms with van der Waals surface area (Å²) in [4.78, 5) is 12.2. The number of carbonyl (C=O) groups is 1. The van der Waals surface area contributed by atoms with Crippen molar-refractivity contribution in [3.63, 3.8) is 0 Å². The Morgan fingerprint density at radius 2 is 1.84 bits per heavy atom. The summed E-state index contributed by atoms with van der Waals surface area (Å²) in [6, 6.07) is 14.2. The Balaban J connectivity index is 1.52. The van der Waals surface area contributed by atoms with E-state index in [2.05, 4.69) is 41.5 Å². The molecular formula is C23H29N5O2S. The third-order valence-corrected chi connectivity index (χ3v) is 5.77. The van der Waals surface area contributed by atoms with E-state index in [4.69, 9.17) is 10.6 Å². The van der Waals surface area contributed by atoms with Gasteiger partial charge in [0, 0.05) is 6.54 Å². The molecule has 0 saturated carbocycles. The van der Waals surface area contributed by atoms with Gasteiger partial charge in [-0.2, -0.15) is 0 Å². The number of aryl methyl sites for hydroxylation is 2. The molecule has 0 bridgehead atoms. The number of nitrogens with one attached hydrogen (secondary N) is 1. The Morgan fingerprint density at radius 3 is 2.55 bits per heavy atom. The van der Waals surface area contributed by atoms with E-state index in [0.717, 1.165) is 22.4 Å². The first kappa shape index (κ1) is 22.7. The van der Waals surface area contributed by atoms with Gasteiger partial charge >= 0.3 is 0 Å². The number of benzene rings is 2. The largest absolute Gasteiger partial charge is 0.485 e. The van der Waals surface area contributed by atoms with Crippen LogP contribution in [-0.2, 0) is 17.9 Å². The second-order valence-electron chi connectivity index (χ2n) is 7.80. The molecule has 1 aromatic heterocycles. The Bertz CT molecular complexity index is 1030. The highest BCUT2D eigenvalue weighted by molar-refractivity contribution is 7.99. The molecule has 0 fully saturated rings. The molecule has 3 N–H and O–H groups in total. The van der Waals surface area contributed by atoms with Crippen LogP contribution in [0.4, 0.5) is 0 Å². The Hall–Kier alpha value is -3.00. The normalized spacial score (nSPS) is 11.0. The van der Waals surface area contributed by atoms with Crippen molar-refractivity contribution in [3.8, 4) is 5.75 Å². The highest BCUT2D eigenvalue weighted by atomic mass is 32.2. The number of carbonyl (C=O) groups excluding carboxylic acids is 1. The molecule has 3 rings (SSSR count). The first-order valence-corrected chi connectivity index (χ1v) is 11.2. The molecule has 0 atom stereocenters. The number of nitrogen functional groups attached to an aromatic ring is 1. The summed E-state index contributed by atoms with van der Waals surface area (Å²) in [6.45, 7) is 9.01. The van der Waals surface area contributed by atoms with Crippen LogP contribution in [0, 0.1) is 13.8 Å². The maximum absolute atomic E-state index is 12.2. The summed E-state index contributed by atoms with van der Waals surface area (Å²) in [5.74, 6) is 7.90. The van der Waals surface area contributed by atoms with Crippen molar-refractivity contribution in [2.45, 2.75) is 51.9 Å². The minimum absolute atomic E-state index is 0.0901. The Labute approximate surface area is 187 Å². The van der Waals surface area contributed by atoms with Gasteiger partial charge in [0.05, 0.1) is 5.75 Å². The molecule has 0 radical (unpaired) electrons. The average Bonchev–Trinajstić information content (AvgIpc) is 3.09. The summed E-state index contributed by atoms with van der Waals surface area (Å²) in [5, 5.41) is 11.6. The third-order valence-electron chi connectivity index (χ3n) is 4.83. The highest BCUT2D eigenvalue weighted by Gasteiger charge is 2.14. The zero-order valence-electron chi connectivity index (χ0n) is 18.4. The van der Waals surface area contributed by atoms with Crippen LogP contribution >= 0.6 is 11.8 Å². The zero-order valence-corrected chi connectivity index (χ0v) is 19.2. The molecule has 0 saturated heterocycles. The Kier molecular flexibility index (Phi) is 7.57. The van der Waals surface area contributed by atoms with Gasteiger partial charge in [0.2, 0.25) is 11.1 Å². The molecule has 164 valence electrons. The van der Waals surface area contributed by atoms with Gasteiger partial charge in [-0.3, -0.25) is 4.79 Å². The minimum atomic E-state index is -0.0901. The number of hydrogen-bond acceptors (Lipinski definition) is 6. The summed E-state index contributed by atoms with van der Waals surface area (Å²) >= 11 is 1.24. The maximum Gasteiger partial charge on any atom is 0.230 e. The number of nitrogens with zero attached hydrogens (tertiary/aromatic N) is 3. The van der Waals surface area contributed by atoms with Crippen LogP contribution in [0.3, 0.4) is 0 Å². The number of amides is 1. The van der Waals surface area contributed by atoms with Crippen molar-refractivity contribution in [2.75, 3.05) is 11.6 Å². The predicted octanol–water partition coefficient (Wildman–Crippen LogP) is 3.72. The van der Waals surface area contributed by atoms with Crippen molar-refractivity contribution < 1.29 is 9.53 Å². The molecule has 0 aliphatic rings. The molecule has 31 heavy (non-hydrogen) atoms. The quantitative estimate of drug-likeness (QED) is 0.390. The molecule has 8 heteroatoms. The molecule has 7 nitrogen and oxygen atoms in total. The van der Waals surface area contributed by atoms with Crippen LogP contribution in [0.2, 0.25) is 0 Å². The number of ether oxygens (including phenoxy) is 1. The molecular weight excluding hydrogens is 410 g/mol. The molecule has 0 aliphatic heterocycles. The lowest BCUT2D eigenvalue weighted by Crippen LogP contribution is -2.25. The van der Waals surface area contributed by atoms with Crippen molar-refractivity contribution in [2.24, 2.45) is 0 Å². The highest BCUT2D eigenvalue weighted by Crippen LogP contribution is 2.28. The fourth-order valence-electron chi connectivity index (χ4n) is 2.98. The molecule has 1 heterocycles. The fraction of sp³-hybridized carbons (Fsp3) is 0.348. The van der Waals surface area contributed by atoms with E-state index in [9.17, 15) is 4.79 Å². The van der Waals surface area contributed by atoms with Crippen molar-refractivity contribution in [1.29, 1.82) is 0 Å². The monoisotopic (exact) mass is 439 g/mol. The predicted molar refractivity (Wildman–Crippen MR) is 124 cm³/mol. The molecule has 0 unspecified atom stereocenters. The first-order valence-electron chi connectivity index (χ1n) is 10.2. The van der Waals surface area contributed by atoms with E-state index in [-0.39, 0.29) is 18.3 Å². The molecule has 0 aliphatic carbocycles. The van der Waals surface area contributed by atoms with E-state index in [1.165, 1.54) is 22.0 Å². The van der Waals surface area contributed by atoms with Gasteiger partial charge in [0.15, 0.2) is 5.82 Å². The van der Waals surface area contributed by atoms with Gasteiger partial charge in [0.25, 0.3) is 0 Å². The number of nitrogens with two attached hydrogens (primary N) is 1. The van der Waals surface area contributed by atoms with E-state index in [1.54, 1.807) is 0 Å². The topological polar surface area (TPSA) is 95.1 Å². The van der Waals surface area contributed by atoms with Crippen LogP contribution in [0.25, 0.3) is 0 Å². The van der Waals surface area contributed by atoms with Gasteiger partial charge < -0.3 is 15.9 Å². The van der Waals surface area contributed by atoms with Gasteiger partial charge in [-0.1, -0.05) is 67.6 Å². The lowest BCUT2D eigenvalue weighted by molar-refractivity contribution is -0.118. The summed E-state index contributed by atoms with van der Waals surface area (Å²) in [6.07, 6.45) is 0. The van der Waals surface area contributed by atoms with Crippen molar-refractivity contribution >= 4 is 17.7 Å². The van der Waals surface area contributed by atoms with E-state index >= 15 is 0 Å². The lowest BCUT2D eigenvalue weighted by atomic mass is 10.0. The third kappa shape index (κ3) is 6.24. The van der Waals surface area contributed by atoms with E-state index in [1.807, 2.05) is 44.2 Å². The van der Waals surface area contributed by atoms with Crippen LogP contribution in [0.15, 0.2) is 47.6 Å². The van der Waals surface area contributed by atoms with Crippen LogP contribution in [0.5, 0.6) is 5.75 Å². The second kappa shape index (κ2) is 10.3. The van der Waals surface area contributed by atoms with Crippen LogP contribution in [0.1, 0.15) is 47.8 Å². The maximum atomic E-state index is 12.2. The summed E-state index contributed by atoms with van der Waals surface area (Å²) in [7, 11) is 0. The number of hydrogen-bond donors (Lipinski definition) is 2. The molecule has 0 spiro atoms. The molecule has 3 aromatic rings. The Morgan fingerprint density at radius 1 is 1.13 bits per heavy atom. The van der Waals surface area contributed by atoms with Crippen LogP contribution < -0.4 is 15.9 Å². The average molecular weight is 440 g/mol. The number of aromatic nitrogens is 3. The fourth-order valence-corrected chi connectivity index (χ4v) is 3.68. The van der Waals surface area contributed by atoms with Gasteiger partial charge in [0.1, 0.15) is 12.4 Å². The van der Waals surface area contributed by atoms with Gasteiger partial charge in [-0.25, -0.2) is 4.68 Å². The smallest absolute Gasteiger partial charge is 0.230 e. The lowest BCUT2D eigenvalue weighted by Gasteiger charge is -2.14. The molecule has 2 aromatic carbocycles. The standard InChI is InChI=1S/C23H29N5O2S/c1-15(2)19-10-7-17(4)11-20(19)30-13-21-26-27-23(28(21)24)31-14-22(29)25-12-18-8-5-16(3)6-9-18/h5-11,15H,12-14,24H2,1-4H3,(H,25,29). The van der Waals surface area contributed by atoms with Crippen molar-refractivity contribution in [1.82, 2.24) is 20.2 Å².